The number of hydrogen-bond acceptors (Lipinski definition) is 5. The molecule has 0 radical (unpaired) electrons. The zero-order valence-electron chi connectivity index (χ0n) is 10.3. The highest BCUT2D eigenvalue weighted by Gasteiger charge is 2.10. The predicted octanol–water partition coefficient (Wildman–Crippen LogP) is 0.524. The molecule has 1 aliphatic heterocycles. The maximum absolute atomic E-state index is 5.09. The van der Waals surface area contributed by atoms with Gasteiger partial charge in [-0.15, -0.1) is 0 Å². The van der Waals surface area contributed by atoms with Crippen molar-refractivity contribution >= 4 is 5.96 Å². The van der Waals surface area contributed by atoms with Gasteiger partial charge in [0.25, 0.3) is 0 Å². The monoisotopic (exact) mass is 234 g/mol. The first-order valence-electron chi connectivity index (χ1n) is 5.79. The summed E-state index contributed by atoms with van der Waals surface area (Å²) in [4.78, 5) is 10.9. The fourth-order valence-electron chi connectivity index (χ4n) is 1.74. The number of ether oxygens (including phenoxy) is 1. The summed E-state index contributed by atoms with van der Waals surface area (Å²) >= 11 is 0. The molecule has 0 fully saturated rings. The van der Waals surface area contributed by atoms with Gasteiger partial charge in [0.1, 0.15) is 0 Å². The van der Waals surface area contributed by atoms with Crippen LogP contribution in [0.5, 0.6) is 5.88 Å². The van der Waals surface area contributed by atoms with E-state index in [2.05, 4.69) is 20.2 Å². The standard InChI is InChI=1S/C12H18N4O/c1-16-9-8-14-12(16)13-7-6-10-4-3-5-11(15-10)17-2/h3-5H,6-9H2,1-2H3,(H,13,14). The van der Waals surface area contributed by atoms with Gasteiger partial charge in [-0.1, -0.05) is 6.07 Å². The molecule has 0 unspecified atom stereocenters. The van der Waals surface area contributed by atoms with Gasteiger partial charge in [-0.25, -0.2) is 4.98 Å². The second-order valence-electron chi connectivity index (χ2n) is 3.97. The minimum atomic E-state index is 0.665. The summed E-state index contributed by atoms with van der Waals surface area (Å²) in [5.74, 6) is 1.64. The van der Waals surface area contributed by atoms with E-state index in [1.807, 2.05) is 25.2 Å². The van der Waals surface area contributed by atoms with Gasteiger partial charge in [-0.2, -0.15) is 0 Å². The first-order chi connectivity index (χ1) is 8.29. The van der Waals surface area contributed by atoms with Gasteiger partial charge in [0.15, 0.2) is 5.96 Å². The van der Waals surface area contributed by atoms with E-state index in [9.17, 15) is 0 Å². The maximum atomic E-state index is 5.09. The number of methoxy groups -OCH3 is 1. The van der Waals surface area contributed by atoms with Gasteiger partial charge in [0, 0.05) is 38.3 Å². The molecule has 92 valence electrons. The molecule has 1 aromatic rings. The number of rotatable bonds is 4. The van der Waals surface area contributed by atoms with E-state index in [-0.39, 0.29) is 0 Å². The van der Waals surface area contributed by atoms with Gasteiger partial charge >= 0.3 is 0 Å². The lowest BCUT2D eigenvalue weighted by Gasteiger charge is -2.14. The SMILES string of the molecule is COc1cccc(CCNC2=NCCN2C)n1. The fraction of sp³-hybridized carbons (Fsp3) is 0.500. The van der Waals surface area contributed by atoms with E-state index in [0.29, 0.717) is 5.88 Å². The van der Waals surface area contributed by atoms with Crippen LogP contribution in [0.15, 0.2) is 23.2 Å². The summed E-state index contributed by atoms with van der Waals surface area (Å²) in [7, 11) is 3.68. The number of nitrogens with one attached hydrogen (secondary N) is 1. The van der Waals surface area contributed by atoms with Gasteiger partial charge < -0.3 is 15.0 Å². The zero-order valence-corrected chi connectivity index (χ0v) is 10.3. The minimum Gasteiger partial charge on any atom is -0.481 e. The van der Waals surface area contributed by atoms with Crippen molar-refractivity contribution in [3.63, 3.8) is 0 Å². The number of likely N-dealkylation sites (N-methyl/N-ethyl adjacent to an activating group) is 1. The summed E-state index contributed by atoms with van der Waals surface area (Å²) in [6.45, 7) is 2.72. The van der Waals surface area contributed by atoms with E-state index in [4.69, 9.17) is 4.74 Å². The molecule has 0 spiro atoms. The molecule has 5 heteroatoms. The fourth-order valence-corrected chi connectivity index (χ4v) is 1.74. The Labute approximate surface area is 102 Å². The largest absolute Gasteiger partial charge is 0.481 e. The van der Waals surface area contributed by atoms with Crippen LogP contribution >= 0.6 is 0 Å². The first kappa shape index (κ1) is 11.7. The van der Waals surface area contributed by atoms with Gasteiger partial charge in [0.2, 0.25) is 5.88 Å². The van der Waals surface area contributed by atoms with Gasteiger partial charge in [0.05, 0.1) is 13.7 Å². The Bertz CT molecular complexity index is 405. The summed E-state index contributed by atoms with van der Waals surface area (Å²) in [6, 6.07) is 5.82. The van der Waals surface area contributed by atoms with Crippen LogP contribution in [0.1, 0.15) is 5.69 Å². The lowest BCUT2D eigenvalue weighted by Crippen LogP contribution is -2.36. The van der Waals surface area contributed by atoms with Crippen molar-refractivity contribution in [2.45, 2.75) is 6.42 Å². The van der Waals surface area contributed by atoms with Crippen molar-refractivity contribution in [1.29, 1.82) is 0 Å². The Hall–Kier alpha value is -1.78. The maximum Gasteiger partial charge on any atom is 0.213 e. The topological polar surface area (TPSA) is 49.8 Å². The Morgan fingerprint density at radius 1 is 1.47 bits per heavy atom. The molecule has 0 atom stereocenters. The van der Waals surface area contributed by atoms with Crippen LogP contribution in [-0.2, 0) is 6.42 Å². The summed E-state index contributed by atoms with van der Waals surface area (Å²) in [5, 5.41) is 3.31. The van der Waals surface area contributed by atoms with E-state index in [1.54, 1.807) is 7.11 Å². The zero-order chi connectivity index (χ0) is 12.1. The average molecular weight is 234 g/mol. The third-order valence-corrected chi connectivity index (χ3v) is 2.71. The highest BCUT2D eigenvalue weighted by molar-refractivity contribution is 5.81. The van der Waals surface area contributed by atoms with E-state index in [1.165, 1.54) is 0 Å². The minimum absolute atomic E-state index is 0.665. The normalized spacial score (nSPS) is 14.7. The van der Waals surface area contributed by atoms with Crippen molar-refractivity contribution in [3.05, 3.63) is 23.9 Å². The number of pyridine rings is 1. The Kier molecular flexibility index (Phi) is 3.80. The van der Waals surface area contributed by atoms with Crippen molar-refractivity contribution in [3.8, 4) is 5.88 Å². The van der Waals surface area contributed by atoms with E-state index in [0.717, 1.165) is 37.7 Å². The summed E-state index contributed by atoms with van der Waals surface area (Å²) < 4.78 is 5.09. The van der Waals surface area contributed by atoms with Crippen LogP contribution in [0.25, 0.3) is 0 Å². The van der Waals surface area contributed by atoms with E-state index >= 15 is 0 Å². The van der Waals surface area contributed by atoms with Crippen LogP contribution in [0.4, 0.5) is 0 Å². The Morgan fingerprint density at radius 3 is 3.06 bits per heavy atom. The summed E-state index contributed by atoms with van der Waals surface area (Å²) in [6.07, 6.45) is 0.865. The van der Waals surface area contributed by atoms with Gasteiger partial charge in [-0.3, -0.25) is 4.99 Å². The molecule has 0 bridgehead atoms. The molecule has 1 aliphatic rings. The second-order valence-corrected chi connectivity index (χ2v) is 3.97. The third kappa shape index (κ3) is 3.09. The van der Waals surface area contributed by atoms with Crippen LogP contribution in [0, 0.1) is 0 Å². The molecular formula is C12H18N4O. The van der Waals surface area contributed by atoms with E-state index < -0.39 is 0 Å². The molecule has 1 aromatic heterocycles. The summed E-state index contributed by atoms with van der Waals surface area (Å²) in [5.41, 5.74) is 1.03. The predicted molar refractivity (Wildman–Crippen MR) is 67.4 cm³/mol. The molecule has 0 amide bonds. The van der Waals surface area contributed by atoms with Crippen molar-refractivity contribution in [2.75, 3.05) is 33.8 Å². The Balaban J connectivity index is 1.81. The quantitative estimate of drug-likeness (QED) is 0.825. The molecule has 0 aliphatic carbocycles. The lowest BCUT2D eigenvalue weighted by molar-refractivity contribution is 0.396. The third-order valence-electron chi connectivity index (χ3n) is 2.71. The Morgan fingerprint density at radius 2 is 2.35 bits per heavy atom. The first-order valence-corrected chi connectivity index (χ1v) is 5.79. The highest BCUT2D eigenvalue weighted by atomic mass is 16.5. The van der Waals surface area contributed by atoms with Gasteiger partial charge in [-0.05, 0) is 6.07 Å². The molecule has 1 N–H and O–H groups in total. The highest BCUT2D eigenvalue weighted by Crippen LogP contribution is 2.06. The van der Waals surface area contributed by atoms with Crippen molar-refractivity contribution in [2.24, 2.45) is 4.99 Å². The smallest absolute Gasteiger partial charge is 0.213 e. The molecule has 0 saturated heterocycles. The molecule has 5 nitrogen and oxygen atoms in total. The molecular weight excluding hydrogens is 216 g/mol. The van der Waals surface area contributed by atoms with Crippen LogP contribution < -0.4 is 10.1 Å². The van der Waals surface area contributed by atoms with Crippen molar-refractivity contribution < 1.29 is 4.74 Å². The number of aromatic nitrogens is 1. The molecule has 2 rings (SSSR count). The number of aliphatic imine (C=N–C) groups is 1. The van der Waals surface area contributed by atoms with Crippen LogP contribution in [-0.4, -0.2) is 49.6 Å². The average Bonchev–Trinajstić information content (AvgIpc) is 2.76. The molecule has 0 saturated carbocycles. The van der Waals surface area contributed by atoms with Crippen LogP contribution in [0.2, 0.25) is 0 Å². The second kappa shape index (κ2) is 5.52. The van der Waals surface area contributed by atoms with Crippen molar-refractivity contribution in [1.82, 2.24) is 15.2 Å². The molecule has 2 heterocycles. The number of hydrogen-bond donors (Lipinski definition) is 1. The molecule has 17 heavy (non-hydrogen) atoms. The lowest BCUT2D eigenvalue weighted by atomic mass is 10.3. The van der Waals surface area contributed by atoms with Crippen LogP contribution in [0.3, 0.4) is 0 Å². The number of guanidine groups is 1. The number of nitrogens with zero attached hydrogens (tertiary/aromatic N) is 3. The molecule has 0 aromatic carbocycles.